The smallest absolute Gasteiger partial charge is 0.243 e. The molecule has 24 heavy (non-hydrogen) atoms. The highest BCUT2D eigenvalue weighted by molar-refractivity contribution is 7.89. The van der Waals surface area contributed by atoms with E-state index in [4.69, 9.17) is 9.47 Å². The Balaban J connectivity index is 1.70. The van der Waals surface area contributed by atoms with Gasteiger partial charge < -0.3 is 9.47 Å². The van der Waals surface area contributed by atoms with Crippen molar-refractivity contribution in [1.82, 2.24) is 9.29 Å². The minimum Gasteiger partial charge on any atom is -0.497 e. The molecule has 1 aliphatic heterocycles. The molecule has 0 radical (unpaired) electrons. The van der Waals surface area contributed by atoms with E-state index in [1.165, 1.54) is 17.5 Å². The van der Waals surface area contributed by atoms with Gasteiger partial charge in [-0.3, -0.25) is 0 Å². The Morgan fingerprint density at radius 3 is 2.79 bits per heavy atom. The zero-order chi connectivity index (χ0) is 17.2. The number of benzene rings is 1. The van der Waals surface area contributed by atoms with Crippen LogP contribution in [0.5, 0.6) is 11.6 Å². The number of pyridine rings is 1. The molecule has 1 fully saturated rings. The fourth-order valence-electron chi connectivity index (χ4n) is 2.62. The molecule has 2 heterocycles. The number of nitrogens with zero attached hydrogens (tertiary/aromatic N) is 2. The molecule has 1 atom stereocenters. The minimum absolute atomic E-state index is 0.194. The second-order valence-corrected chi connectivity index (χ2v) is 7.68. The lowest BCUT2D eigenvalue weighted by Gasteiger charge is -2.17. The van der Waals surface area contributed by atoms with Crippen LogP contribution in [0.3, 0.4) is 0 Å². The number of aromatic nitrogens is 1. The number of rotatable bonds is 5. The second kappa shape index (κ2) is 6.78. The van der Waals surface area contributed by atoms with Gasteiger partial charge in [0.1, 0.15) is 11.9 Å². The van der Waals surface area contributed by atoms with Crippen LogP contribution in [-0.4, -0.2) is 44.0 Å². The van der Waals surface area contributed by atoms with Gasteiger partial charge in [0.2, 0.25) is 15.9 Å². The van der Waals surface area contributed by atoms with E-state index in [0.29, 0.717) is 31.1 Å². The largest absolute Gasteiger partial charge is 0.497 e. The SMILES string of the molecule is COc1cccc(S(=O)(=O)N2CCC(Oc3ccc(C)cn3)C2)c1. The molecule has 3 rings (SSSR count). The van der Waals surface area contributed by atoms with E-state index in [1.807, 2.05) is 13.0 Å². The number of aryl methyl sites for hydroxylation is 1. The highest BCUT2D eigenvalue weighted by atomic mass is 32.2. The van der Waals surface area contributed by atoms with Gasteiger partial charge in [-0.25, -0.2) is 13.4 Å². The zero-order valence-electron chi connectivity index (χ0n) is 13.7. The normalized spacial score (nSPS) is 18.5. The first-order valence-electron chi connectivity index (χ1n) is 7.72. The van der Waals surface area contributed by atoms with E-state index in [1.54, 1.807) is 30.5 Å². The molecule has 0 bridgehead atoms. The van der Waals surface area contributed by atoms with Crippen molar-refractivity contribution in [3.63, 3.8) is 0 Å². The summed E-state index contributed by atoms with van der Waals surface area (Å²) < 4.78 is 37.8. The van der Waals surface area contributed by atoms with Crippen molar-refractivity contribution in [2.45, 2.75) is 24.3 Å². The number of hydrogen-bond donors (Lipinski definition) is 0. The fourth-order valence-corrected chi connectivity index (χ4v) is 4.14. The summed E-state index contributed by atoms with van der Waals surface area (Å²) in [4.78, 5) is 4.44. The molecule has 1 aromatic heterocycles. The van der Waals surface area contributed by atoms with Crippen molar-refractivity contribution in [3.8, 4) is 11.6 Å². The van der Waals surface area contributed by atoms with Crippen molar-refractivity contribution in [1.29, 1.82) is 0 Å². The summed E-state index contributed by atoms with van der Waals surface area (Å²) >= 11 is 0. The molecule has 1 unspecified atom stereocenters. The summed E-state index contributed by atoms with van der Waals surface area (Å²) in [7, 11) is -2.04. The monoisotopic (exact) mass is 348 g/mol. The summed E-state index contributed by atoms with van der Waals surface area (Å²) in [6, 6.07) is 10.2. The Morgan fingerprint density at radius 2 is 2.08 bits per heavy atom. The number of sulfonamides is 1. The van der Waals surface area contributed by atoms with Crippen LogP contribution in [-0.2, 0) is 10.0 Å². The van der Waals surface area contributed by atoms with E-state index < -0.39 is 10.0 Å². The molecule has 1 aromatic carbocycles. The zero-order valence-corrected chi connectivity index (χ0v) is 14.5. The van der Waals surface area contributed by atoms with E-state index in [0.717, 1.165) is 5.56 Å². The van der Waals surface area contributed by atoms with Crippen LogP contribution in [0.1, 0.15) is 12.0 Å². The topological polar surface area (TPSA) is 68.7 Å². The maximum atomic E-state index is 12.7. The van der Waals surface area contributed by atoms with Gasteiger partial charge in [-0.1, -0.05) is 12.1 Å². The first kappa shape index (κ1) is 16.7. The van der Waals surface area contributed by atoms with Gasteiger partial charge in [0, 0.05) is 24.9 Å². The van der Waals surface area contributed by atoms with Crippen LogP contribution in [0.25, 0.3) is 0 Å². The van der Waals surface area contributed by atoms with E-state index in [-0.39, 0.29) is 11.0 Å². The predicted molar refractivity (Wildman–Crippen MR) is 89.8 cm³/mol. The number of hydrogen-bond acceptors (Lipinski definition) is 5. The van der Waals surface area contributed by atoms with Crippen molar-refractivity contribution in [2.24, 2.45) is 0 Å². The molecular weight excluding hydrogens is 328 g/mol. The first-order valence-corrected chi connectivity index (χ1v) is 9.16. The van der Waals surface area contributed by atoms with Crippen LogP contribution in [0, 0.1) is 6.92 Å². The molecule has 0 amide bonds. The average Bonchev–Trinajstić information content (AvgIpc) is 3.06. The minimum atomic E-state index is -3.55. The molecule has 128 valence electrons. The molecule has 0 spiro atoms. The molecule has 0 aliphatic carbocycles. The highest BCUT2D eigenvalue weighted by Crippen LogP contribution is 2.25. The maximum Gasteiger partial charge on any atom is 0.243 e. The Bertz CT molecular complexity index is 806. The summed E-state index contributed by atoms with van der Waals surface area (Å²) in [5, 5.41) is 0. The lowest BCUT2D eigenvalue weighted by Crippen LogP contribution is -2.31. The quantitative estimate of drug-likeness (QED) is 0.829. The van der Waals surface area contributed by atoms with E-state index >= 15 is 0 Å². The third kappa shape index (κ3) is 3.52. The van der Waals surface area contributed by atoms with E-state index in [9.17, 15) is 8.42 Å². The van der Waals surface area contributed by atoms with Crippen molar-refractivity contribution < 1.29 is 17.9 Å². The lowest BCUT2D eigenvalue weighted by molar-refractivity contribution is 0.207. The lowest BCUT2D eigenvalue weighted by atomic mass is 10.3. The summed E-state index contributed by atoms with van der Waals surface area (Å²) in [6.45, 7) is 2.69. The predicted octanol–water partition coefficient (Wildman–Crippen LogP) is 2.24. The van der Waals surface area contributed by atoms with Crippen LogP contribution < -0.4 is 9.47 Å². The Hall–Kier alpha value is -2.12. The second-order valence-electron chi connectivity index (χ2n) is 5.74. The van der Waals surface area contributed by atoms with E-state index in [2.05, 4.69) is 4.98 Å². The Labute approximate surface area is 142 Å². The van der Waals surface area contributed by atoms with Crippen LogP contribution >= 0.6 is 0 Å². The summed E-state index contributed by atoms with van der Waals surface area (Å²) in [6.07, 6.45) is 2.17. The summed E-state index contributed by atoms with van der Waals surface area (Å²) in [5.74, 6) is 1.04. The van der Waals surface area contributed by atoms with Gasteiger partial charge in [-0.05, 0) is 31.0 Å². The third-order valence-electron chi connectivity index (χ3n) is 3.96. The van der Waals surface area contributed by atoms with Crippen LogP contribution in [0.2, 0.25) is 0 Å². The molecule has 0 N–H and O–H groups in total. The van der Waals surface area contributed by atoms with Gasteiger partial charge in [0.15, 0.2) is 0 Å². The molecule has 6 nitrogen and oxygen atoms in total. The molecule has 1 aliphatic rings. The van der Waals surface area contributed by atoms with Gasteiger partial charge in [-0.15, -0.1) is 0 Å². The average molecular weight is 348 g/mol. The van der Waals surface area contributed by atoms with Gasteiger partial charge in [-0.2, -0.15) is 4.31 Å². The van der Waals surface area contributed by atoms with Crippen molar-refractivity contribution in [2.75, 3.05) is 20.2 Å². The molecule has 2 aromatic rings. The fraction of sp³-hybridized carbons (Fsp3) is 0.353. The van der Waals surface area contributed by atoms with Gasteiger partial charge in [0.05, 0.1) is 18.6 Å². The highest BCUT2D eigenvalue weighted by Gasteiger charge is 2.34. The van der Waals surface area contributed by atoms with Gasteiger partial charge in [0.25, 0.3) is 0 Å². The van der Waals surface area contributed by atoms with Crippen molar-refractivity contribution in [3.05, 3.63) is 48.2 Å². The first-order chi connectivity index (χ1) is 11.5. The molecular formula is C17H20N2O4S. The standard InChI is InChI=1S/C17H20N2O4S/c1-13-6-7-17(18-11-13)23-15-8-9-19(12-15)24(20,21)16-5-3-4-14(10-16)22-2/h3-7,10-11,15H,8-9,12H2,1-2H3. The third-order valence-corrected chi connectivity index (χ3v) is 5.82. The summed E-state index contributed by atoms with van der Waals surface area (Å²) in [5.41, 5.74) is 1.05. The number of methoxy groups -OCH3 is 1. The van der Waals surface area contributed by atoms with Crippen LogP contribution in [0.4, 0.5) is 0 Å². The maximum absolute atomic E-state index is 12.7. The molecule has 1 saturated heterocycles. The Morgan fingerprint density at radius 1 is 1.25 bits per heavy atom. The number of ether oxygens (including phenoxy) is 2. The molecule has 7 heteroatoms. The molecule has 0 saturated carbocycles. The van der Waals surface area contributed by atoms with Crippen molar-refractivity contribution >= 4 is 10.0 Å². The van der Waals surface area contributed by atoms with Crippen LogP contribution in [0.15, 0.2) is 47.5 Å². The van der Waals surface area contributed by atoms with Gasteiger partial charge >= 0.3 is 0 Å². The Kier molecular flexibility index (Phi) is 4.73.